The minimum absolute atomic E-state index is 0.0204. The van der Waals surface area contributed by atoms with Gasteiger partial charge in [-0.3, -0.25) is 9.78 Å². The molecule has 2 heteroatoms. The number of aromatic nitrogens is 1. The third-order valence-corrected chi connectivity index (χ3v) is 4.19. The van der Waals surface area contributed by atoms with Crippen molar-refractivity contribution in [3.05, 3.63) is 95.8 Å². The topological polar surface area (TPSA) is 30.0 Å². The van der Waals surface area contributed by atoms with Crippen LogP contribution < -0.4 is 0 Å². The van der Waals surface area contributed by atoms with Crippen molar-refractivity contribution in [2.24, 2.45) is 0 Å². The first-order valence-corrected chi connectivity index (χ1v) is 7.94. The maximum Gasteiger partial charge on any atom is 0.185 e. The zero-order chi connectivity index (χ0) is 16.9. The first kappa shape index (κ1) is 15.9. The van der Waals surface area contributed by atoms with Crippen molar-refractivity contribution in [2.75, 3.05) is 0 Å². The van der Waals surface area contributed by atoms with Crippen molar-refractivity contribution in [2.45, 2.75) is 13.3 Å². The second-order valence-electron chi connectivity index (χ2n) is 5.73. The Bertz CT molecular complexity index is 881. The molecule has 0 bridgehead atoms. The molecule has 3 rings (SSSR count). The number of carbonyl (C=O) groups excluding carboxylic acids is 1. The van der Waals surface area contributed by atoms with Gasteiger partial charge in [0.2, 0.25) is 0 Å². The van der Waals surface area contributed by atoms with E-state index in [2.05, 4.69) is 36.7 Å². The van der Waals surface area contributed by atoms with E-state index in [1.807, 2.05) is 36.4 Å². The summed E-state index contributed by atoms with van der Waals surface area (Å²) in [6.07, 6.45) is 3.72. The van der Waals surface area contributed by atoms with Gasteiger partial charge in [-0.2, -0.15) is 0 Å². The van der Waals surface area contributed by atoms with E-state index in [-0.39, 0.29) is 5.78 Å². The number of rotatable bonds is 5. The predicted octanol–water partition coefficient (Wildman–Crippen LogP) is 5.13. The van der Waals surface area contributed by atoms with Gasteiger partial charge < -0.3 is 0 Å². The quantitative estimate of drug-likeness (QED) is 0.612. The Kier molecular flexibility index (Phi) is 4.66. The van der Waals surface area contributed by atoms with Gasteiger partial charge in [-0.1, -0.05) is 61.2 Å². The van der Waals surface area contributed by atoms with Gasteiger partial charge in [-0.25, -0.2) is 0 Å². The predicted molar refractivity (Wildman–Crippen MR) is 99.0 cm³/mol. The van der Waals surface area contributed by atoms with E-state index >= 15 is 0 Å². The number of nitrogens with zero attached hydrogens (tertiary/aromatic N) is 1. The fourth-order valence-corrected chi connectivity index (χ4v) is 2.80. The van der Waals surface area contributed by atoms with Crippen LogP contribution >= 0.6 is 0 Å². The van der Waals surface area contributed by atoms with Crippen molar-refractivity contribution in [3.63, 3.8) is 0 Å². The molecule has 0 fully saturated rings. The SMILES string of the molecule is C=Cc1ccnc(C(=O)Cc2cccc(-c3ccccc3)c2C)c1. The molecule has 0 atom stereocenters. The number of hydrogen-bond acceptors (Lipinski definition) is 2. The molecular formula is C22H19NO. The number of carbonyl (C=O) groups is 1. The molecule has 0 saturated carbocycles. The van der Waals surface area contributed by atoms with Crippen molar-refractivity contribution >= 4 is 11.9 Å². The number of pyridine rings is 1. The second-order valence-corrected chi connectivity index (χ2v) is 5.73. The molecule has 0 amide bonds. The first-order valence-electron chi connectivity index (χ1n) is 7.94. The summed E-state index contributed by atoms with van der Waals surface area (Å²) in [7, 11) is 0. The molecule has 0 spiro atoms. The first-order chi connectivity index (χ1) is 11.7. The molecular weight excluding hydrogens is 294 g/mol. The molecule has 0 aliphatic carbocycles. The van der Waals surface area contributed by atoms with E-state index in [0.717, 1.165) is 27.8 Å². The lowest BCUT2D eigenvalue weighted by Gasteiger charge is -2.11. The molecule has 2 nitrogen and oxygen atoms in total. The summed E-state index contributed by atoms with van der Waals surface area (Å²) in [4.78, 5) is 16.8. The molecule has 0 saturated heterocycles. The van der Waals surface area contributed by atoms with Crippen LogP contribution in [0.15, 0.2) is 73.4 Å². The smallest absolute Gasteiger partial charge is 0.185 e. The third kappa shape index (κ3) is 3.33. The highest BCUT2D eigenvalue weighted by Gasteiger charge is 2.12. The number of Topliss-reactive ketones (excluding diaryl/α,β-unsaturated/α-hetero) is 1. The highest BCUT2D eigenvalue weighted by atomic mass is 16.1. The van der Waals surface area contributed by atoms with E-state index in [0.29, 0.717) is 12.1 Å². The zero-order valence-corrected chi connectivity index (χ0v) is 13.7. The molecule has 0 N–H and O–H groups in total. The zero-order valence-electron chi connectivity index (χ0n) is 13.7. The van der Waals surface area contributed by atoms with Gasteiger partial charge >= 0.3 is 0 Å². The van der Waals surface area contributed by atoms with Crippen LogP contribution in [0.1, 0.15) is 27.2 Å². The lowest BCUT2D eigenvalue weighted by Crippen LogP contribution is -2.07. The van der Waals surface area contributed by atoms with Gasteiger partial charge in [0, 0.05) is 12.6 Å². The minimum Gasteiger partial charge on any atom is -0.292 e. The summed E-state index contributed by atoms with van der Waals surface area (Å²) >= 11 is 0. The average molecular weight is 313 g/mol. The summed E-state index contributed by atoms with van der Waals surface area (Å²) in [6.45, 7) is 5.80. The van der Waals surface area contributed by atoms with Crippen molar-refractivity contribution < 1.29 is 4.79 Å². The minimum atomic E-state index is 0.0204. The molecule has 1 aromatic heterocycles. The van der Waals surface area contributed by atoms with Crippen LogP contribution in [0.2, 0.25) is 0 Å². The van der Waals surface area contributed by atoms with Gasteiger partial charge in [-0.15, -0.1) is 0 Å². The fourth-order valence-electron chi connectivity index (χ4n) is 2.80. The van der Waals surface area contributed by atoms with Gasteiger partial charge in [-0.05, 0) is 46.9 Å². The van der Waals surface area contributed by atoms with Crippen LogP contribution in [-0.2, 0) is 6.42 Å². The van der Waals surface area contributed by atoms with Gasteiger partial charge in [0.05, 0.1) is 0 Å². The molecule has 1 heterocycles. The van der Waals surface area contributed by atoms with Crippen LogP contribution in [0.25, 0.3) is 17.2 Å². The van der Waals surface area contributed by atoms with E-state index in [1.54, 1.807) is 18.3 Å². The van der Waals surface area contributed by atoms with Crippen LogP contribution in [0.3, 0.4) is 0 Å². The van der Waals surface area contributed by atoms with Crippen LogP contribution in [0, 0.1) is 6.92 Å². The molecule has 24 heavy (non-hydrogen) atoms. The Morgan fingerprint density at radius 1 is 1.08 bits per heavy atom. The third-order valence-electron chi connectivity index (χ3n) is 4.19. The Hall–Kier alpha value is -3.00. The highest BCUT2D eigenvalue weighted by Crippen LogP contribution is 2.26. The maximum absolute atomic E-state index is 12.6. The van der Waals surface area contributed by atoms with Crippen LogP contribution in [0.4, 0.5) is 0 Å². The number of hydrogen-bond donors (Lipinski definition) is 0. The summed E-state index contributed by atoms with van der Waals surface area (Å²) in [5.41, 5.74) is 5.88. The van der Waals surface area contributed by atoms with Gasteiger partial charge in [0.1, 0.15) is 5.69 Å². The van der Waals surface area contributed by atoms with E-state index < -0.39 is 0 Å². The molecule has 0 aliphatic heterocycles. The standard InChI is InChI=1S/C22H19NO/c1-3-17-12-13-23-21(14-17)22(24)15-19-10-7-11-20(16(19)2)18-8-5-4-6-9-18/h3-14H,1,15H2,2H3. The molecule has 2 aromatic carbocycles. The second kappa shape index (κ2) is 7.05. The Morgan fingerprint density at radius 3 is 2.62 bits per heavy atom. The van der Waals surface area contributed by atoms with Crippen molar-refractivity contribution in [3.8, 4) is 11.1 Å². The molecule has 0 radical (unpaired) electrons. The van der Waals surface area contributed by atoms with E-state index in [9.17, 15) is 4.79 Å². The lowest BCUT2D eigenvalue weighted by atomic mass is 9.93. The monoisotopic (exact) mass is 313 g/mol. The summed E-state index contributed by atoms with van der Waals surface area (Å²) in [5, 5.41) is 0. The maximum atomic E-state index is 12.6. The molecule has 3 aromatic rings. The molecule has 0 unspecified atom stereocenters. The average Bonchev–Trinajstić information content (AvgIpc) is 2.64. The highest BCUT2D eigenvalue weighted by molar-refractivity contribution is 5.96. The van der Waals surface area contributed by atoms with Crippen LogP contribution in [-0.4, -0.2) is 10.8 Å². The van der Waals surface area contributed by atoms with Gasteiger partial charge in [0.25, 0.3) is 0 Å². The largest absolute Gasteiger partial charge is 0.292 e. The number of ketones is 1. The summed E-state index contributed by atoms with van der Waals surface area (Å²) in [6, 6.07) is 20.0. The Balaban J connectivity index is 1.90. The fraction of sp³-hybridized carbons (Fsp3) is 0.0909. The molecule has 118 valence electrons. The van der Waals surface area contributed by atoms with Crippen LogP contribution in [0.5, 0.6) is 0 Å². The molecule has 0 aliphatic rings. The van der Waals surface area contributed by atoms with E-state index in [4.69, 9.17) is 0 Å². The summed E-state index contributed by atoms with van der Waals surface area (Å²) in [5.74, 6) is 0.0204. The van der Waals surface area contributed by atoms with Crippen molar-refractivity contribution in [1.29, 1.82) is 0 Å². The van der Waals surface area contributed by atoms with E-state index in [1.165, 1.54) is 0 Å². The summed E-state index contributed by atoms with van der Waals surface area (Å²) < 4.78 is 0. The number of benzene rings is 2. The lowest BCUT2D eigenvalue weighted by molar-refractivity contribution is 0.0988. The Morgan fingerprint density at radius 2 is 1.88 bits per heavy atom. The normalized spacial score (nSPS) is 10.4. The Labute approximate surface area is 142 Å². The van der Waals surface area contributed by atoms with Gasteiger partial charge in [0.15, 0.2) is 5.78 Å². The van der Waals surface area contributed by atoms with Crippen molar-refractivity contribution in [1.82, 2.24) is 4.98 Å².